The van der Waals surface area contributed by atoms with E-state index in [-0.39, 0.29) is 5.91 Å². The summed E-state index contributed by atoms with van der Waals surface area (Å²) >= 11 is 12.1. The number of nitrogens with two attached hydrogens (primary N) is 1. The van der Waals surface area contributed by atoms with E-state index in [1.165, 1.54) is 6.42 Å². The molecule has 0 atom stereocenters. The largest absolute Gasteiger partial charge is 0.399 e. The minimum atomic E-state index is -0.0752. The number of halogens is 2. The summed E-state index contributed by atoms with van der Waals surface area (Å²) < 4.78 is 0. The van der Waals surface area contributed by atoms with Crippen LogP contribution in [0.15, 0.2) is 12.1 Å². The normalized spacial score (nSPS) is 16.7. The van der Waals surface area contributed by atoms with Crippen LogP contribution in [-0.4, -0.2) is 23.9 Å². The molecule has 1 heterocycles. The fourth-order valence-electron chi connectivity index (χ4n) is 2.48. The van der Waals surface area contributed by atoms with E-state index in [4.69, 9.17) is 28.9 Å². The quantitative estimate of drug-likeness (QED) is 0.844. The van der Waals surface area contributed by atoms with Gasteiger partial charge in [0.1, 0.15) is 0 Å². The molecular formula is C14H18Cl2N2O. The Labute approximate surface area is 123 Å². The summed E-state index contributed by atoms with van der Waals surface area (Å²) in [6.45, 7) is 3.75. The minimum absolute atomic E-state index is 0.0752. The average molecular weight is 301 g/mol. The van der Waals surface area contributed by atoms with Crippen molar-refractivity contribution in [3.8, 4) is 0 Å². The highest BCUT2D eigenvalue weighted by Gasteiger charge is 2.25. The zero-order chi connectivity index (χ0) is 14.0. The Balaban J connectivity index is 2.17. The number of benzene rings is 1. The molecule has 1 saturated heterocycles. The van der Waals surface area contributed by atoms with Crippen LogP contribution >= 0.6 is 23.2 Å². The molecule has 1 fully saturated rings. The minimum Gasteiger partial charge on any atom is -0.399 e. The molecule has 104 valence electrons. The first-order valence-corrected chi connectivity index (χ1v) is 7.32. The van der Waals surface area contributed by atoms with Gasteiger partial charge < -0.3 is 10.6 Å². The molecule has 1 amide bonds. The molecule has 19 heavy (non-hydrogen) atoms. The number of nitrogens with zero attached hydrogens (tertiary/aromatic N) is 1. The average Bonchev–Trinajstić information content (AvgIpc) is 2.42. The second kappa shape index (κ2) is 6.02. The number of anilines is 1. The molecule has 2 N–H and O–H groups in total. The third-order valence-corrected chi connectivity index (χ3v) is 4.56. The highest BCUT2D eigenvalue weighted by atomic mass is 35.5. The maximum absolute atomic E-state index is 12.4. The number of piperidine rings is 1. The molecule has 1 aliphatic heterocycles. The molecule has 0 spiro atoms. The van der Waals surface area contributed by atoms with Crippen LogP contribution in [0.1, 0.15) is 36.5 Å². The van der Waals surface area contributed by atoms with Crippen LogP contribution in [0.3, 0.4) is 0 Å². The third-order valence-electron chi connectivity index (χ3n) is 3.76. The number of carbonyl (C=O) groups excluding carboxylic acids is 1. The van der Waals surface area contributed by atoms with Gasteiger partial charge in [-0.1, -0.05) is 36.5 Å². The second-order valence-electron chi connectivity index (χ2n) is 5.01. The second-order valence-corrected chi connectivity index (χ2v) is 5.79. The van der Waals surface area contributed by atoms with Gasteiger partial charge in [0.05, 0.1) is 15.6 Å². The molecule has 0 aliphatic carbocycles. The molecule has 0 aromatic heterocycles. The first-order valence-electron chi connectivity index (χ1n) is 6.56. The van der Waals surface area contributed by atoms with Gasteiger partial charge in [-0.3, -0.25) is 4.79 Å². The van der Waals surface area contributed by atoms with E-state index in [9.17, 15) is 4.79 Å². The van der Waals surface area contributed by atoms with Gasteiger partial charge in [0.2, 0.25) is 0 Å². The van der Waals surface area contributed by atoms with Crippen molar-refractivity contribution in [2.45, 2.75) is 26.2 Å². The predicted molar refractivity (Wildman–Crippen MR) is 79.8 cm³/mol. The zero-order valence-electron chi connectivity index (χ0n) is 11.0. The lowest BCUT2D eigenvalue weighted by molar-refractivity contribution is 0.0689. The number of hydrogen-bond donors (Lipinski definition) is 1. The van der Waals surface area contributed by atoms with Crippen molar-refractivity contribution in [1.82, 2.24) is 4.90 Å². The number of likely N-dealkylation sites (tertiary alicyclic amines) is 1. The van der Waals surface area contributed by atoms with E-state index < -0.39 is 0 Å². The standard InChI is InChI=1S/C14H18Cl2N2O/c1-2-9-3-5-18(6-4-9)14(19)11-7-10(17)8-12(15)13(11)16/h7-9H,2-6,17H2,1H3. The summed E-state index contributed by atoms with van der Waals surface area (Å²) in [5.41, 5.74) is 6.59. The Hall–Kier alpha value is -0.930. The number of carbonyl (C=O) groups is 1. The van der Waals surface area contributed by atoms with Crippen LogP contribution in [0.25, 0.3) is 0 Å². The van der Waals surface area contributed by atoms with Crippen molar-refractivity contribution >= 4 is 34.8 Å². The van der Waals surface area contributed by atoms with E-state index in [0.29, 0.717) is 21.3 Å². The Morgan fingerprint density at radius 3 is 2.58 bits per heavy atom. The molecule has 0 bridgehead atoms. The third kappa shape index (κ3) is 3.15. The number of hydrogen-bond acceptors (Lipinski definition) is 2. The summed E-state index contributed by atoms with van der Waals surface area (Å²) in [5.74, 6) is 0.651. The van der Waals surface area contributed by atoms with Gasteiger partial charge in [-0.15, -0.1) is 0 Å². The van der Waals surface area contributed by atoms with Crippen LogP contribution in [0.4, 0.5) is 5.69 Å². The van der Waals surface area contributed by atoms with Crippen LogP contribution in [-0.2, 0) is 0 Å². The summed E-state index contributed by atoms with van der Waals surface area (Å²) in [5, 5.41) is 0.618. The van der Waals surface area contributed by atoms with Crippen molar-refractivity contribution in [1.29, 1.82) is 0 Å². The van der Waals surface area contributed by atoms with Crippen molar-refractivity contribution in [2.75, 3.05) is 18.8 Å². The lowest BCUT2D eigenvalue weighted by atomic mass is 9.94. The van der Waals surface area contributed by atoms with Crippen LogP contribution in [0.2, 0.25) is 10.0 Å². The molecule has 1 aliphatic rings. The van der Waals surface area contributed by atoms with Crippen LogP contribution in [0, 0.1) is 5.92 Å². The molecule has 0 saturated carbocycles. The van der Waals surface area contributed by atoms with Crippen molar-refractivity contribution in [2.24, 2.45) is 5.92 Å². The van der Waals surface area contributed by atoms with Crippen LogP contribution < -0.4 is 5.73 Å². The van der Waals surface area contributed by atoms with Gasteiger partial charge >= 0.3 is 0 Å². The fourth-order valence-corrected chi connectivity index (χ4v) is 2.90. The maximum Gasteiger partial charge on any atom is 0.255 e. The van der Waals surface area contributed by atoms with E-state index in [2.05, 4.69) is 6.92 Å². The summed E-state index contributed by atoms with van der Waals surface area (Å²) in [6.07, 6.45) is 3.28. The fraction of sp³-hybridized carbons (Fsp3) is 0.500. The monoisotopic (exact) mass is 300 g/mol. The molecule has 3 nitrogen and oxygen atoms in total. The molecule has 2 rings (SSSR count). The van der Waals surface area contributed by atoms with Crippen molar-refractivity contribution in [3.05, 3.63) is 27.7 Å². The maximum atomic E-state index is 12.4. The van der Waals surface area contributed by atoms with Crippen molar-refractivity contribution < 1.29 is 4.79 Å². The van der Waals surface area contributed by atoms with E-state index in [0.717, 1.165) is 31.8 Å². The van der Waals surface area contributed by atoms with Gasteiger partial charge in [0.25, 0.3) is 5.91 Å². The number of nitrogen functional groups attached to an aromatic ring is 1. The van der Waals surface area contributed by atoms with Gasteiger partial charge in [-0.25, -0.2) is 0 Å². The highest BCUT2D eigenvalue weighted by molar-refractivity contribution is 6.44. The van der Waals surface area contributed by atoms with Crippen LogP contribution in [0.5, 0.6) is 0 Å². The number of rotatable bonds is 2. The van der Waals surface area contributed by atoms with E-state index >= 15 is 0 Å². The Bertz CT molecular complexity index is 483. The Morgan fingerprint density at radius 1 is 1.37 bits per heavy atom. The van der Waals surface area contributed by atoms with E-state index in [1.807, 2.05) is 4.90 Å². The SMILES string of the molecule is CCC1CCN(C(=O)c2cc(N)cc(Cl)c2Cl)CC1. The Kier molecular flexibility index (Phi) is 4.58. The molecule has 1 aromatic rings. The zero-order valence-corrected chi connectivity index (χ0v) is 12.5. The summed E-state index contributed by atoms with van der Waals surface area (Å²) in [6, 6.07) is 3.16. The van der Waals surface area contributed by atoms with Gasteiger partial charge in [0.15, 0.2) is 0 Å². The lowest BCUT2D eigenvalue weighted by Crippen LogP contribution is -2.38. The molecule has 1 aromatic carbocycles. The molecule has 5 heteroatoms. The Morgan fingerprint density at radius 2 is 2.00 bits per heavy atom. The first-order chi connectivity index (χ1) is 9.02. The van der Waals surface area contributed by atoms with Gasteiger partial charge in [0, 0.05) is 18.8 Å². The molecular weight excluding hydrogens is 283 g/mol. The summed E-state index contributed by atoms with van der Waals surface area (Å²) in [4.78, 5) is 14.3. The van der Waals surface area contributed by atoms with Gasteiger partial charge in [-0.05, 0) is 30.9 Å². The number of amides is 1. The lowest BCUT2D eigenvalue weighted by Gasteiger charge is -2.31. The smallest absolute Gasteiger partial charge is 0.255 e. The molecule has 0 radical (unpaired) electrons. The van der Waals surface area contributed by atoms with E-state index in [1.54, 1.807) is 12.1 Å². The topological polar surface area (TPSA) is 46.3 Å². The van der Waals surface area contributed by atoms with Crippen molar-refractivity contribution in [3.63, 3.8) is 0 Å². The summed E-state index contributed by atoms with van der Waals surface area (Å²) in [7, 11) is 0. The molecule has 0 unspecified atom stereocenters. The van der Waals surface area contributed by atoms with Gasteiger partial charge in [-0.2, -0.15) is 0 Å². The predicted octanol–water partition coefficient (Wildman–Crippen LogP) is 3.84. The highest BCUT2D eigenvalue weighted by Crippen LogP contribution is 2.30. The first kappa shape index (κ1) is 14.5.